The molecule has 1 saturated heterocycles. The van der Waals surface area contributed by atoms with Gasteiger partial charge in [-0.15, -0.1) is 0 Å². The molecule has 128 valence electrons. The van der Waals surface area contributed by atoms with Gasteiger partial charge in [-0.25, -0.2) is 0 Å². The summed E-state index contributed by atoms with van der Waals surface area (Å²) in [6.07, 6.45) is 5.79. The third kappa shape index (κ3) is 3.28. The smallest absolute Gasteiger partial charge is 0.253 e. The summed E-state index contributed by atoms with van der Waals surface area (Å²) in [7, 11) is 0. The molecule has 1 aliphatic rings. The quantitative estimate of drug-likeness (QED) is 0.776. The van der Waals surface area contributed by atoms with Gasteiger partial charge in [-0.3, -0.25) is 14.7 Å². The Morgan fingerprint density at radius 2 is 2.00 bits per heavy atom. The van der Waals surface area contributed by atoms with Crippen molar-refractivity contribution < 1.29 is 9.21 Å². The van der Waals surface area contributed by atoms with Crippen LogP contribution in [0.15, 0.2) is 59.3 Å². The van der Waals surface area contributed by atoms with Crippen molar-refractivity contribution in [1.29, 1.82) is 0 Å². The van der Waals surface area contributed by atoms with Crippen LogP contribution in [0.25, 0.3) is 10.9 Å². The highest BCUT2D eigenvalue weighted by Crippen LogP contribution is 2.25. The number of carbonyl (C=O) groups is 1. The van der Waals surface area contributed by atoms with E-state index in [4.69, 9.17) is 4.42 Å². The maximum absolute atomic E-state index is 12.7. The number of fused-ring (bicyclic) bond motifs is 1. The van der Waals surface area contributed by atoms with Crippen LogP contribution < -0.4 is 5.32 Å². The molecule has 25 heavy (non-hydrogen) atoms. The Balaban J connectivity index is 1.53. The van der Waals surface area contributed by atoms with E-state index in [1.807, 2.05) is 42.5 Å². The molecular weight excluding hydrogens is 314 g/mol. The summed E-state index contributed by atoms with van der Waals surface area (Å²) in [6, 6.07) is 13.5. The van der Waals surface area contributed by atoms with Crippen molar-refractivity contribution >= 4 is 16.8 Å². The van der Waals surface area contributed by atoms with Crippen LogP contribution in [0.1, 0.15) is 35.0 Å². The summed E-state index contributed by atoms with van der Waals surface area (Å²) in [4.78, 5) is 19.5. The third-order valence-electron chi connectivity index (χ3n) is 4.79. The van der Waals surface area contributed by atoms with E-state index in [9.17, 15) is 4.79 Å². The van der Waals surface area contributed by atoms with Crippen molar-refractivity contribution in [2.75, 3.05) is 19.6 Å². The number of hydrogen-bond donors (Lipinski definition) is 1. The molecule has 0 bridgehead atoms. The van der Waals surface area contributed by atoms with Crippen LogP contribution in [-0.4, -0.2) is 35.4 Å². The Kier molecular flexibility index (Phi) is 4.48. The second-order valence-corrected chi connectivity index (χ2v) is 6.37. The van der Waals surface area contributed by atoms with Gasteiger partial charge in [-0.1, -0.05) is 18.2 Å². The van der Waals surface area contributed by atoms with E-state index in [1.165, 1.54) is 12.8 Å². The van der Waals surface area contributed by atoms with Gasteiger partial charge in [0.1, 0.15) is 5.76 Å². The lowest BCUT2D eigenvalue weighted by atomic mass is 10.1. The maximum atomic E-state index is 12.7. The zero-order chi connectivity index (χ0) is 17.1. The summed E-state index contributed by atoms with van der Waals surface area (Å²) in [5, 5.41) is 4.05. The normalized spacial score (nSPS) is 16.2. The van der Waals surface area contributed by atoms with E-state index < -0.39 is 0 Å². The summed E-state index contributed by atoms with van der Waals surface area (Å²) >= 11 is 0. The summed E-state index contributed by atoms with van der Waals surface area (Å²) in [5.74, 6) is 0.804. The highest BCUT2D eigenvalue weighted by atomic mass is 16.3. The molecule has 2 aromatic heterocycles. The van der Waals surface area contributed by atoms with Gasteiger partial charge in [0, 0.05) is 18.1 Å². The average Bonchev–Trinajstić information content (AvgIpc) is 3.36. The van der Waals surface area contributed by atoms with Crippen LogP contribution in [-0.2, 0) is 0 Å². The van der Waals surface area contributed by atoms with E-state index in [2.05, 4.69) is 15.2 Å². The first-order valence-corrected chi connectivity index (χ1v) is 8.72. The van der Waals surface area contributed by atoms with Crippen LogP contribution in [0.5, 0.6) is 0 Å². The molecule has 0 radical (unpaired) electrons. The first-order chi connectivity index (χ1) is 12.3. The zero-order valence-electron chi connectivity index (χ0n) is 14.0. The van der Waals surface area contributed by atoms with E-state index in [0.717, 1.165) is 29.8 Å². The van der Waals surface area contributed by atoms with Gasteiger partial charge >= 0.3 is 0 Å². The second kappa shape index (κ2) is 7.07. The van der Waals surface area contributed by atoms with Crippen molar-refractivity contribution in [1.82, 2.24) is 15.2 Å². The highest BCUT2D eigenvalue weighted by Gasteiger charge is 2.26. The van der Waals surface area contributed by atoms with Gasteiger partial charge in [0.25, 0.3) is 5.91 Å². The number of nitrogens with one attached hydrogen (secondary N) is 1. The topological polar surface area (TPSA) is 58.4 Å². The Morgan fingerprint density at radius 1 is 1.16 bits per heavy atom. The number of rotatable bonds is 5. The number of para-hydroxylation sites is 1. The minimum absolute atomic E-state index is 0.0735. The monoisotopic (exact) mass is 335 g/mol. The molecular formula is C20H21N3O2. The number of nitrogens with zero attached hydrogens (tertiary/aromatic N) is 2. The van der Waals surface area contributed by atoms with Gasteiger partial charge < -0.3 is 9.73 Å². The number of carbonyl (C=O) groups excluding carboxylic acids is 1. The minimum Gasteiger partial charge on any atom is -0.468 e. The molecule has 1 unspecified atom stereocenters. The van der Waals surface area contributed by atoms with Crippen LogP contribution >= 0.6 is 0 Å². The predicted molar refractivity (Wildman–Crippen MR) is 96.3 cm³/mol. The standard InChI is InChI=1S/C20H21N3O2/c24-20(16-8-3-6-15-7-4-10-21-19(15)16)22-14-17(18-9-5-13-25-18)23-11-1-2-12-23/h3-10,13,17H,1-2,11-12,14H2,(H,22,24). The Hall–Kier alpha value is -2.66. The minimum atomic E-state index is -0.0972. The number of likely N-dealkylation sites (tertiary alicyclic amines) is 1. The molecule has 0 saturated carbocycles. The van der Waals surface area contributed by atoms with E-state index >= 15 is 0 Å². The molecule has 3 heterocycles. The average molecular weight is 335 g/mol. The molecule has 1 fully saturated rings. The number of hydrogen-bond acceptors (Lipinski definition) is 4. The van der Waals surface area contributed by atoms with Crippen molar-refractivity contribution in [3.05, 3.63) is 66.2 Å². The number of aromatic nitrogens is 1. The molecule has 3 aromatic rings. The van der Waals surface area contributed by atoms with Crippen molar-refractivity contribution in [2.45, 2.75) is 18.9 Å². The fourth-order valence-electron chi connectivity index (χ4n) is 3.52. The van der Waals surface area contributed by atoms with Crippen LogP contribution in [0.3, 0.4) is 0 Å². The first-order valence-electron chi connectivity index (χ1n) is 8.72. The zero-order valence-corrected chi connectivity index (χ0v) is 14.0. The van der Waals surface area contributed by atoms with Gasteiger partial charge in [-0.05, 0) is 50.2 Å². The molecule has 5 nitrogen and oxygen atoms in total. The Labute approximate surface area is 146 Å². The Morgan fingerprint density at radius 3 is 2.80 bits per heavy atom. The van der Waals surface area contributed by atoms with Gasteiger partial charge in [0.15, 0.2) is 0 Å². The van der Waals surface area contributed by atoms with Crippen LogP contribution in [0.2, 0.25) is 0 Å². The van der Waals surface area contributed by atoms with Crippen molar-refractivity contribution in [3.8, 4) is 0 Å². The molecule has 5 heteroatoms. The Bertz CT molecular complexity index is 849. The number of benzene rings is 1. The first kappa shape index (κ1) is 15.8. The summed E-state index contributed by atoms with van der Waals surface area (Å²) < 4.78 is 5.61. The number of furan rings is 1. The maximum Gasteiger partial charge on any atom is 0.253 e. The largest absolute Gasteiger partial charge is 0.468 e. The molecule has 0 spiro atoms. The lowest BCUT2D eigenvalue weighted by Gasteiger charge is -2.26. The van der Waals surface area contributed by atoms with Gasteiger partial charge in [0.2, 0.25) is 0 Å². The molecule has 4 rings (SSSR count). The highest BCUT2D eigenvalue weighted by molar-refractivity contribution is 6.05. The molecule has 1 aromatic carbocycles. The van der Waals surface area contributed by atoms with Gasteiger partial charge in [0.05, 0.1) is 23.4 Å². The lowest BCUT2D eigenvalue weighted by molar-refractivity contribution is 0.0935. The fourth-order valence-corrected chi connectivity index (χ4v) is 3.52. The van der Waals surface area contributed by atoms with Crippen molar-refractivity contribution in [2.24, 2.45) is 0 Å². The summed E-state index contributed by atoms with van der Waals surface area (Å²) in [6.45, 7) is 2.60. The molecule has 1 amide bonds. The van der Waals surface area contributed by atoms with E-state index in [1.54, 1.807) is 12.5 Å². The number of amides is 1. The fraction of sp³-hybridized carbons (Fsp3) is 0.300. The second-order valence-electron chi connectivity index (χ2n) is 6.37. The van der Waals surface area contributed by atoms with Crippen LogP contribution in [0.4, 0.5) is 0 Å². The number of pyridine rings is 1. The van der Waals surface area contributed by atoms with E-state index in [-0.39, 0.29) is 11.9 Å². The lowest BCUT2D eigenvalue weighted by Crippen LogP contribution is -2.36. The van der Waals surface area contributed by atoms with Crippen LogP contribution in [0, 0.1) is 0 Å². The van der Waals surface area contributed by atoms with E-state index in [0.29, 0.717) is 12.1 Å². The SMILES string of the molecule is O=C(NCC(c1ccco1)N1CCCC1)c1cccc2cccnc12. The summed E-state index contributed by atoms with van der Waals surface area (Å²) in [5.41, 5.74) is 1.34. The molecule has 1 atom stereocenters. The predicted octanol–water partition coefficient (Wildman–Crippen LogP) is 3.39. The molecule has 0 aliphatic carbocycles. The van der Waals surface area contributed by atoms with Gasteiger partial charge in [-0.2, -0.15) is 0 Å². The van der Waals surface area contributed by atoms with Crippen molar-refractivity contribution in [3.63, 3.8) is 0 Å². The molecule has 1 aliphatic heterocycles. The third-order valence-corrected chi connectivity index (χ3v) is 4.79. The molecule has 1 N–H and O–H groups in total.